The molecule has 2 saturated heterocycles. The molecule has 5 N–H and O–H groups in total. The molecule has 3 aliphatic rings. The fraction of sp³-hybridized carbons (Fsp3) is 0.588. The number of hydrogen-bond donors (Lipinski definition) is 4. The largest absolute Gasteiger partial charge is 0.384 e. The molecular formula is C34H46N8O9S. The van der Waals surface area contributed by atoms with E-state index < -0.39 is 62.6 Å². The Morgan fingerprint density at radius 3 is 2.33 bits per heavy atom. The van der Waals surface area contributed by atoms with Gasteiger partial charge < -0.3 is 31.1 Å². The van der Waals surface area contributed by atoms with Gasteiger partial charge in [0.05, 0.1) is 22.8 Å². The smallest absolute Gasteiger partial charge is 0.345 e. The molecule has 18 heteroatoms. The lowest BCUT2D eigenvalue weighted by Crippen LogP contribution is -2.63. The Labute approximate surface area is 301 Å². The molecule has 0 spiro atoms. The topological polar surface area (TPSA) is 245 Å². The minimum Gasteiger partial charge on any atom is -0.384 e. The zero-order valence-electron chi connectivity index (χ0n) is 29.5. The quantitative estimate of drug-likeness (QED) is 0.189. The van der Waals surface area contributed by atoms with Crippen LogP contribution >= 0.6 is 0 Å². The Kier molecular flexibility index (Phi) is 11.6. The second-order valence-electron chi connectivity index (χ2n) is 14.4. The number of rotatable bonds is 11. The minimum atomic E-state index is -3.47. The fourth-order valence-electron chi connectivity index (χ4n) is 7.17. The second-order valence-corrected chi connectivity index (χ2v) is 16.4. The van der Waals surface area contributed by atoms with Crippen LogP contribution in [0, 0.1) is 5.92 Å². The molecule has 0 unspecified atom stereocenters. The summed E-state index contributed by atoms with van der Waals surface area (Å²) in [6.07, 6.45) is 7.21. The number of primary amides is 1. The number of benzene rings is 1. The fourth-order valence-corrected chi connectivity index (χ4v) is 7.80. The summed E-state index contributed by atoms with van der Waals surface area (Å²) >= 11 is 0. The Morgan fingerprint density at radius 2 is 1.73 bits per heavy atom. The number of ketones is 1. The van der Waals surface area contributed by atoms with Crippen LogP contribution in [-0.2, 0) is 39.4 Å². The number of aliphatic hydroxyl groups is 1. The summed E-state index contributed by atoms with van der Waals surface area (Å²) in [7, 11) is -3.47. The Morgan fingerprint density at radius 1 is 1.08 bits per heavy atom. The molecule has 5 amide bonds. The van der Waals surface area contributed by atoms with Crippen molar-refractivity contribution in [1.29, 1.82) is 0 Å². The number of sulfone groups is 1. The first-order chi connectivity index (χ1) is 24.5. The molecule has 17 nitrogen and oxygen atoms in total. The van der Waals surface area contributed by atoms with Gasteiger partial charge in [-0.3, -0.25) is 19.2 Å². The molecule has 1 aromatic heterocycles. The highest BCUT2D eigenvalue weighted by atomic mass is 32.2. The van der Waals surface area contributed by atoms with Gasteiger partial charge in [0.1, 0.15) is 22.9 Å². The van der Waals surface area contributed by atoms with Crippen molar-refractivity contribution >= 4 is 50.8 Å². The van der Waals surface area contributed by atoms with Gasteiger partial charge in [-0.2, -0.15) is 4.99 Å². The molecule has 52 heavy (non-hydrogen) atoms. The van der Waals surface area contributed by atoms with Crippen LogP contribution in [0.5, 0.6) is 0 Å². The molecule has 3 fully saturated rings. The van der Waals surface area contributed by atoms with E-state index in [1.54, 1.807) is 13.8 Å². The molecule has 2 aromatic rings. The van der Waals surface area contributed by atoms with E-state index >= 15 is 0 Å². The highest BCUT2D eigenvalue weighted by Crippen LogP contribution is 2.34. The van der Waals surface area contributed by atoms with Crippen LogP contribution in [0.25, 0.3) is 0 Å². The number of ether oxygens (including phenoxy) is 1. The van der Waals surface area contributed by atoms with Crippen LogP contribution < -0.4 is 16.4 Å². The van der Waals surface area contributed by atoms with Gasteiger partial charge in [0.25, 0.3) is 11.8 Å². The lowest BCUT2D eigenvalue weighted by atomic mass is 9.84. The van der Waals surface area contributed by atoms with E-state index in [4.69, 9.17) is 10.5 Å². The monoisotopic (exact) mass is 742 g/mol. The van der Waals surface area contributed by atoms with E-state index in [2.05, 4.69) is 25.9 Å². The van der Waals surface area contributed by atoms with Crippen LogP contribution in [0.3, 0.4) is 0 Å². The second kappa shape index (κ2) is 15.6. The van der Waals surface area contributed by atoms with Crippen molar-refractivity contribution in [2.45, 2.75) is 99.8 Å². The van der Waals surface area contributed by atoms with Crippen molar-refractivity contribution in [1.82, 2.24) is 25.2 Å². The maximum absolute atomic E-state index is 14.6. The average molecular weight is 743 g/mol. The van der Waals surface area contributed by atoms with Crippen molar-refractivity contribution in [3.05, 3.63) is 36.2 Å². The van der Waals surface area contributed by atoms with Gasteiger partial charge >= 0.3 is 6.03 Å². The zero-order valence-corrected chi connectivity index (χ0v) is 30.4. The van der Waals surface area contributed by atoms with Crippen molar-refractivity contribution in [3.63, 3.8) is 0 Å². The third-order valence-corrected chi connectivity index (χ3v) is 11.1. The summed E-state index contributed by atoms with van der Waals surface area (Å²) in [5, 5.41) is 24.3. The molecular weight excluding hydrogens is 696 g/mol. The summed E-state index contributed by atoms with van der Waals surface area (Å²) < 4.78 is 30.6. The Bertz CT molecular complexity index is 1820. The van der Waals surface area contributed by atoms with Gasteiger partial charge in [0.2, 0.25) is 11.7 Å². The molecule has 2 aliphatic heterocycles. The SMILES string of the molecule is CC(C)(O)c1cnnn1[C@H]1C[C@@H](C(=O)NC2(C(=O)C(N)=O)CCOCC2)N(C(=O)/C(CC2CCCCC2)=N/C(=O)Nc2ccc(S(C)(=O)=O)cc2)C1. The van der Waals surface area contributed by atoms with Crippen LogP contribution in [0.2, 0.25) is 0 Å². The third kappa shape index (κ3) is 8.90. The molecule has 0 radical (unpaired) electrons. The molecule has 1 aliphatic carbocycles. The number of hydrogen-bond acceptors (Lipinski definition) is 11. The molecule has 5 rings (SSSR count). The van der Waals surface area contributed by atoms with Crippen LogP contribution in [0.15, 0.2) is 40.4 Å². The summed E-state index contributed by atoms with van der Waals surface area (Å²) in [6, 6.07) is 2.79. The van der Waals surface area contributed by atoms with E-state index in [1.165, 1.54) is 40.0 Å². The highest BCUT2D eigenvalue weighted by molar-refractivity contribution is 7.90. The maximum atomic E-state index is 14.6. The predicted octanol–water partition coefficient (Wildman–Crippen LogP) is 1.41. The maximum Gasteiger partial charge on any atom is 0.345 e. The predicted molar refractivity (Wildman–Crippen MR) is 187 cm³/mol. The number of urea groups is 1. The number of Topliss-reactive ketones (excluding diaryl/α,β-unsaturated/α-hetero) is 1. The first-order valence-electron chi connectivity index (χ1n) is 17.4. The van der Waals surface area contributed by atoms with Crippen molar-refractivity contribution in [2.24, 2.45) is 16.6 Å². The van der Waals surface area contributed by atoms with Gasteiger partial charge in [-0.15, -0.1) is 5.10 Å². The lowest BCUT2D eigenvalue weighted by Gasteiger charge is -2.37. The number of carbonyl (C=O) groups excluding carboxylic acids is 5. The number of amides is 5. The highest BCUT2D eigenvalue weighted by Gasteiger charge is 2.49. The van der Waals surface area contributed by atoms with E-state index in [-0.39, 0.29) is 67.7 Å². The van der Waals surface area contributed by atoms with E-state index in [1.807, 2.05) is 0 Å². The normalized spacial score (nSPS) is 21.4. The number of likely N-dealkylation sites (tertiary alicyclic amines) is 1. The number of anilines is 1. The zero-order chi connectivity index (χ0) is 37.8. The first kappa shape index (κ1) is 38.7. The summed E-state index contributed by atoms with van der Waals surface area (Å²) in [5.74, 6) is -3.53. The van der Waals surface area contributed by atoms with E-state index in [9.17, 15) is 37.5 Å². The molecule has 1 saturated carbocycles. The minimum absolute atomic E-state index is 0.00303. The number of nitrogens with one attached hydrogen (secondary N) is 2. The first-order valence-corrected chi connectivity index (χ1v) is 19.2. The Balaban J connectivity index is 1.49. The number of nitrogens with zero attached hydrogens (tertiary/aromatic N) is 5. The van der Waals surface area contributed by atoms with Crippen molar-refractivity contribution < 1.29 is 42.2 Å². The van der Waals surface area contributed by atoms with Crippen LogP contribution in [-0.4, -0.2) is 106 Å². The van der Waals surface area contributed by atoms with E-state index in [0.29, 0.717) is 5.69 Å². The summed E-state index contributed by atoms with van der Waals surface area (Å²) in [6.45, 7) is 3.20. The van der Waals surface area contributed by atoms with Gasteiger partial charge in [-0.05, 0) is 50.5 Å². The van der Waals surface area contributed by atoms with Gasteiger partial charge in [-0.1, -0.05) is 37.3 Å². The third-order valence-electron chi connectivity index (χ3n) is 9.98. The van der Waals surface area contributed by atoms with Crippen LogP contribution in [0.1, 0.15) is 83.4 Å². The molecule has 282 valence electrons. The molecule has 3 heterocycles. The lowest BCUT2D eigenvalue weighted by molar-refractivity contribution is -0.146. The standard InChI is InChI=1S/C34H46N8O9S/c1-33(2,48)27-19-36-40-42(27)23-18-26(30(45)39-34(28(43)29(35)44)13-15-51-16-14-34)41(20-23)31(46)25(17-21-7-5-4-6-8-21)38-32(47)37-22-9-11-24(12-10-22)52(3,49)50/h9-12,19,21,23,26,48H,4-8,13-18,20H2,1-3H3,(H2,35,44)(H,37,47)(H,39,45)/b38-25+/t23-,26-/m0/s1. The summed E-state index contributed by atoms with van der Waals surface area (Å²) in [4.78, 5) is 72.9. The van der Waals surface area contributed by atoms with Gasteiger partial charge in [0.15, 0.2) is 9.84 Å². The number of nitrogens with two attached hydrogens (primary N) is 1. The van der Waals surface area contributed by atoms with E-state index in [0.717, 1.165) is 38.4 Å². The summed E-state index contributed by atoms with van der Waals surface area (Å²) in [5.41, 5.74) is 2.91. The molecule has 0 bridgehead atoms. The van der Waals surface area contributed by atoms with Gasteiger partial charge in [-0.25, -0.2) is 17.9 Å². The average Bonchev–Trinajstić information content (AvgIpc) is 3.77. The molecule has 2 atom stereocenters. The number of aromatic nitrogens is 3. The number of aliphatic imine (C=N–C) groups is 1. The van der Waals surface area contributed by atoms with Crippen molar-refractivity contribution in [3.8, 4) is 0 Å². The van der Waals surface area contributed by atoms with Crippen molar-refractivity contribution in [2.75, 3.05) is 31.3 Å². The number of carbonyl (C=O) groups is 5. The van der Waals surface area contributed by atoms with Gasteiger partial charge in [0, 0.05) is 51.0 Å². The molecule has 1 aromatic carbocycles. The Hall–Kier alpha value is -4.55. The van der Waals surface area contributed by atoms with Crippen LogP contribution in [0.4, 0.5) is 10.5 Å².